The molecule has 0 aliphatic heterocycles. The van der Waals surface area contributed by atoms with Gasteiger partial charge in [-0.15, -0.1) is 0 Å². The summed E-state index contributed by atoms with van der Waals surface area (Å²) in [5.41, 5.74) is 1.45. The van der Waals surface area contributed by atoms with E-state index in [1.165, 1.54) is 6.07 Å². The number of nitrogens with zero attached hydrogens (tertiary/aromatic N) is 2. The number of aromatic nitrogens is 2. The number of benzene rings is 1. The van der Waals surface area contributed by atoms with Crippen LogP contribution in [0.2, 0.25) is 0 Å². The molecule has 1 aromatic carbocycles. The van der Waals surface area contributed by atoms with Crippen LogP contribution in [0, 0.1) is 12.7 Å². The highest BCUT2D eigenvalue weighted by atomic mass is 19.1. The van der Waals surface area contributed by atoms with Crippen LogP contribution >= 0.6 is 0 Å². The molecule has 0 bridgehead atoms. The van der Waals surface area contributed by atoms with Gasteiger partial charge in [-0.25, -0.2) is 9.37 Å². The summed E-state index contributed by atoms with van der Waals surface area (Å²) in [6.07, 6.45) is 3.54. The zero-order valence-electron chi connectivity index (χ0n) is 10.8. The van der Waals surface area contributed by atoms with E-state index in [9.17, 15) is 4.39 Å². The molecular formula is C13H16FN3O2. The number of rotatable bonds is 3. The zero-order chi connectivity index (χ0) is 14.3. The lowest BCUT2D eigenvalue weighted by Crippen LogP contribution is -2.11. The third kappa shape index (κ3) is 3.89. The van der Waals surface area contributed by atoms with Gasteiger partial charge in [-0.3, -0.25) is 4.79 Å². The van der Waals surface area contributed by atoms with Crippen molar-refractivity contribution in [3.63, 3.8) is 0 Å². The number of hydrogen-bond acceptors (Lipinski definition) is 3. The molecule has 0 unspecified atom stereocenters. The molecule has 102 valence electrons. The molecule has 1 aromatic heterocycles. The fourth-order valence-electron chi connectivity index (χ4n) is 1.59. The lowest BCUT2D eigenvalue weighted by molar-refractivity contribution is -0.122. The summed E-state index contributed by atoms with van der Waals surface area (Å²) in [6, 6.07) is 5.18. The molecule has 0 spiro atoms. The quantitative estimate of drug-likeness (QED) is 0.830. The summed E-state index contributed by atoms with van der Waals surface area (Å²) >= 11 is 0. The standard InChI is InChI=1S/C12H14FN3.CH2O2/c1-9-3-4-10(7-11(9)13)16-6-5-15-12(16)8-14-2;2-1-3/h3-7,14H,8H2,1-2H3;1H,(H,2,3). The third-order valence-electron chi connectivity index (χ3n) is 2.49. The summed E-state index contributed by atoms with van der Waals surface area (Å²) in [4.78, 5) is 12.6. The van der Waals surface area contributed by atoms with Crippen molar-refractivity contribution in [1.29, 1.82) is 0 Å². The van der Waals surface area contributed by atoms with E-state index < -0.39 is 0 Å². The highest BCUT2D eigenvalue weighted by Crippen LogP contribution is 2.15. The fourth-order valence-corrected chi connectivity index (χ4v) is 1.59. The normalized spacial score (nSPS) is 9.63. The van der Waals surface area contributed by atoms with Crippen LogP contribution in [-0.4, -0.2) is 28.2 Å². The molecule has 0 saturated carbocycles. The molecule has 0 saturated heterocycles. The zero-order valence-corrected chi connectivity index (χ0v) is 10.8. The number of hydrogen-bond donors (Lipinski definition) is 2. The summed E-state index contributed by atoms with van der Waals surface area (Å²) < 4.78 is 15.3. The van der Waals surface area contributed by atoms with Crippen LogP contribution in [0.25, 0.3) is 5.69 Å². The van der Waals surface area contributed by atoms with Crippen molar-refractivity contribution >= 4 is 6.47 Å². The van der Waals surface area contributed by atoms with Gasteiger partial charge in [-0.1, -0.05) is 6.07 Å². The first kappa shape index (κ1) is 14.8. The molecular weight excluding hydrogens is 249 g/mol. The van der Waals surface area contributed by atoms with Crippen molar-refractivity contribution in [3.05, 3.63) is 47.8 Å². The van der Waals surface area contributed by atoms with E-state index in [0.717, 1.165) is 11.5 Å². The van der Waals surface area contributed by atoms with Crippen LogP contribution in [0.4, 0.5) is 4.39 Å². The van der Waals surface area contributed by atoms with E-state index in [0.29, 0.717) is 12.1 Å². The average Bonchev–Trinajstić information content (AvgIpc) is 2.82. The molecule has 0 aliphatic carbocycles. The van der Waals surface area contributed by atoms with Gasteiger partial charge >= 0.3 is 0 Å². The van der Waals surface area contributed by atoms with E-state index >= 15 is 0 Å². The molecule has 1 heterocycles. The molecule has 0 atom stereocenters. The van der Waals surface area contributed by atoms with Gasteiger partial charge in [0.25, 0.3) is 6.47 Å². The maximum atomic E-state index is 13.4. The van der Waals surface area contributed by atoms with Gasteiger partial charge < -0.3 is 15.0 Å². The van der Waals surface area contributed by atoms with Crippen molar-refractivity contribution < 1.29 is 14.3 Å². The average molecular weight is 265 g/mol. The van der Waals surface area contributed by atoms with E-state index in [-0.39, 0.29) is 12.3 Å². The van der Waals surface area contributed by atoms with Crippen LogP contribution in [0.5, 0.6) is 0 Å². The van der Waals surface area contributed by atoms with Crippen molar-refractivity contribution in [2.75, 3.05) is 7.05 Å². The molecule has 0 amide bonds. The molecule has 19 heavy (non-hydrogen) atoms. The minimum absolute atomic E-state index is 0.193. The Hall–Kier alpha value is -2.21. The highest BCUT2D eigenvalue weighted by Gasteiger charge is 2.05. The smallest absolute Gasteiger partial charge is 0.290 e. The van der Waals surface area contributed by atoms with Gasteiger partial charge in [0.2, 0.25) is 0 Å². The Balaban J connectivity index is 0.000000550. The maximum Gasteiger partial charge on any atom is 0.290 e. The molecule has 2 rings (SSSR count). The lowest BCUT2D eigenvalue weighted by atomic mass is 10.2. The molecule has 0 fully saturated rings. The number of carbonyl (C=O) groups is 1. The molecule has 2 N–H and O–H groups in total. The second kappa shape index (κ2) is 7.27. The Kier molecular flexibility index (Phi) is 5.69. The Morgan fingerprint density at radius 2 is 2.21 bits per heavy atom. The molecule has 2 aromatic rings. The van der Waals surface area contributed by atoms with Crippen LogP contribution < -0.4 is 5.32 Å². The molecule has 6 heteroatoms. The van der Waals surface area contributed by atoms with Crippen LogP contribution in [0.3, 0.4) is 0 Å². The summed E-state index contributed by atoms with van der Waals surface area (Å²) in [6.45, 7) is 2.16. The van der Waals surface area contributed by atoms with E-state index in [4.69, 9.17) is 9.90 Å². The second-order valence-corrected chi connectivity index (χ2v) is 3.78. The Morgan fingerprint density at radius 3 is 2.79 bits per heavy atom. The minimum atomic E-state index is -0.250. The van der Waals surface area contributed by atoms with Crippen molar-refractivity contribution in [2.24, 2.45) is 0 Å². The van der Waals surface area contributed by atoms with Gasteiger partial charge in [0.1, 0.15) is 11.6 Å². The first-order valence-electron chi connectivity index (χ1n) is 5.65. The highest BCUT2D eigenvalue weighted by molar-refractivity contribution is 5.36. The van der Waals surface area contributed by atoms with Gasteiger partial charge in [-0.2, -0.15) is 0 Å². The van der Waals surface area contributed by atoms with Crippen LogP contribution in [-0.2, 0) is 11.3 Å². The van der Waals surface area contributed by atoms with E-state index in [1.807, 2.05) is 23.9 Å². The Bertz CT molecular complexity index is 540. The number of aryl methyl sites for hydroxylation is 1. The van der Waals surface area contributed by atoms with E-state index in [2.05, 4.69) is 10.3 Å². The summed E-state index contributed by atoms with van der Waals surface area (Å²) in [7, 11) is 1.86. The maximum absolute atomic E-state index is 13.4. The van der Waals surface area contributed by atoms with Gasteiger partial charge in [-0.05, 0) is 31.7 Å². The number of carboxylic acid groups (broad SMARTS) is 1. The monoisotopic (exact) mass is 265 g/mol. The van der Waals surface area contributed by atoms with Gasteiger partial charge in [0.05, 0.1) is 6.54 Å². The SMILES string of the molecule is CNCc1nccn1-c1ccc(C)c(F)c1.O=CO. The van der Waals surface area contributed by atoms with Crippen LogP contribution in [0.1, 0.15) is 11.4 Å². The molecule has 5 nitrogen and oxygen atoms in total. The third-order valence-corrected chi connectivity index (χ3v) is 2.49. The Morgan fingerprint density at radius 1 is 1.53 bits per heavy atom. The Labute approximate surface area is 110 Å². The van der Waals surface area contributed by atoms with Crippen LogP contribution in [0.15, 0.2) is 30.6 Å². The first-order valence-corrected chi connectivity index (χ1v) is 5.65. The largest absolute Gasteiger partial charge is 0.483 e. The summed E-state index contributed by atoms with van der Waals surface area (Å²) in [5, 5.41) is 9.92. The predicted molar refractivity (Wildman–Crippen MR) is 69.7 cm³/mol. The van der Waals surface area contributed by atoms with Crippen molar-refractivity contribution in [2.45, 2.75) is 13.5 Å². The molecule has 0 radical (unpaired) electrons. The second-order valence-electron chi connectivity index (χ2n) is 3.78. The predicted octanol–water partition coefficient (Wildman–Crippen LogP) is 1.74. The van der Waals surface area contributed by atoms with E-state index in [1.54, 1.807) is 19.2 Å². The lowest BCUT2D eigenvalue weighted by Gasteiger charge is -2.08. The van der Waals surface area contributed by atoms with Gasteiger partial charge in [0.15, 0.2) is 0 Å². The first-order chi connectivity index (χ1) is 9.13. The molecule has 0 aliphatic rings. The van der Waals surface area contributed by atoms with Crippen molar-refractivity contribution in [1.82, 2.24) is 14.9 Å². The number of halogens is 1. The topological polar surface area (TPSA) is 67.2 Å². The van der Waals surface area contributed by atoms with Gasteiger partial charge in [0, 0.05) is 18.1 Å². The van der Waals surface area contributed by atoms with Crippen molar-refractivity contribution in [3.8, 4) is 5.69 Å². The number of imidazole rings is 1. The minimum Gasteiger partial charge on any atom is -0.483 e. The fraction of sp³-hybridized carbons (Fsp3) is 0.231. The number of nitrogens with one attached hydrogen (secondary N) is 1. The summed E-state index contributed by atoms with van der Waals surface area (Å²) in [5.74, 6) is 0.673.